The van der Waals surface area contributed by atoms with Gasteiger partial charge >= 0.3 is 0 Å². The van der Waals surface area contributed by atoms with E-state index in [9.17, 15) is 4.79 Å². The van der Waals surface area contributed by atoms with Gasteiger partial charge in [-0.3, -0.25) is 4.79 Å². The Morgan fingerprint density at radius 2 is 2.00 bits per heavy atom. The molecule has 17 heavy (non-hydrogen) atoms. The molecule has 0 saturated carbocycles. The highest BCUT2D eigenvalue weighted by molar-refractivity contribution is 6.32. The van der Waals surface area contributed by atoms with E-state index in [0.717, 1.165) is 32.0 Å². The Hall–Kier alpha value is -1.06. The van der Waals surface area contributed by atoms with Crippen LogP contribution in [0.1, 0.15) is 36.0 Å². The van der Waals surface area contributed by atoms with E-state index in [-0.39, 0.29) is 6.61 Å². The minimum atomic E-state index is 0.250. The zero-order chi connectivity index (χ0) is 12.5. The second kappa shape index (κ2) is 8.09. The molecule has 4 heteroatoms. The number of hydrogen-bond acceptors (Lipinski definition) is 3. The third-order valence-corrected chi connectivity index (χ3v) is 2.70. The van der Waals surface area contributed by atoms with Crippen LogP contribution in [-0.4, -0.2) is 24.6 Å². The minimum absolute atomic E-state index is 0.250. The van der Waals surface area contributed by atoms with E-state index < -0.39 is 0 Å². The summed E-state index contributed by atoms with van der Waals surface area (Å²) in [5, 5.41) is 9.07. The number of unbranched alkanes of at least 4 members (excludes halogenated alkanes) is 3. The van der Waals surface area contributed by atoms with Gasteiger partial charge in [-0.05, 0) is 37.5 Å². The van der Waals surface area contributed by atoms with Crippen molar-refractivity contribution in [1.82, 2.24) is 0 Å². The Bertz CT molecular complexity index is 353. The highest BCUT2D eigenvalue weighted by atomic mass is 35.5. The van der Waals surface area contributed by atoms with Crippen LogP contribution in [-0.2, 0) is 0 Å². The van der Waals surface area contributed by atoms with Gasteiger partial charge in [-0.2, -0.15) is 0 Å². The number of halogens is 1. The van der Waals surface area contributed by atoms with Crippen LogP contribution in [0, 0.1) is 0 Å². The van der Waals surface area contributed by atoms with Gasteiger partial charge in [0.05, 0.1) is 11.6 Å². The predicted octanol–water partition coefficient (Wildman–Crippen LogP) is 3.08. The Kier molecular flexibility index (Phi) is 6.67. The van der Waals surface area contributed by atoms with Crippen LogP contribution < -0.4 is 4.74 Å². The number of hydrogen-bond donors (Lipinski definition) is 1. The van der Waals surface area contributed by atoms with Gasteiger partial charge in [-0.15, -0.1) is 0 Å². The molecule has 0 aromatic heterocycles. The monoisotopic (exact) mass is 256 g/mol. The smallest absolute Gasteiger partial charge is 0.150 e. The topological polar surface area (TPSA) is 46.5 Å². The van der Waals surface area contributed by atoms with Crippen molar-refractivity contribution in [2.75, 3.05) is 13.2 Å². The average molecular weight is 257 g/mol. The van der Waals surface area contributed by atoms with Gasteiger partial charge < -0.3 is 9.84 Å². The Morgan fingerprint density at radius 1 is 1.24 bits per heavy atom. The standard InChI is InChI=1S/C13H17ClO3/c14-12-9-11(10-16)5-6-13(12)17-8-4-2-1-3-7-15/h5-6,9-10,15H,1-4,7-8H2. The first kappa shape index (κ1) is 14.0. The zero-order valence-corrected chi connectivity index (χ0v) is 10.4. The molecule has 1 aromatic rings. The third-order valence-electron chi connectivity index (χ3n) is 2.40. The maximum absolute atomic E-state index is 10.5. The second-order valence-electron chi connectivity index (χ2n) is 3.79. The van der Waals surface area contributed by atoms with Crippen molar-refractivity contribution < 1.29 is 14.6 Å². The van der Waals surface area contributed by atoms with Gasteiger partial charge in [0.1, 0.15) is 12.0 Å². The highest BCUT2D eigenvalue weighted by Gasteiger charge is 2.02. The number of carbonyl (C=O) groups excluding carboxylic acids is 1. The van der Waals surface area contributed by atoms with Crippen LogP contribution in [0.2, 0.25) is 5.02 Å². The van der Waals surface area contributed by atoms with Gasteiger partial charge in [0.25, 0.3) is 0 Å². The quantitative estimate of drug-likeness (QED) is 0.574. The summed E-state index contributed by atoms with van der Waals surface area (Å²) in [5.74, 6) is 0.611. The van der Waals surface area contributed by atoms with E-state index in [2.05, 4.69) is 0 Å². The normalized spacial score (nSPS) is 10.2. The molecule has 0 aliphatic rings. The second-order valence-corrected chi connectivity index (χ2v) is 4.20. The maximum Gasteiger partial charge on any atom is 0.150 e. The van der Waals surface area contributed by atoms with E-state index in [1.54, 1.807) is 18.2 Å². The number of carbonyl (C=O) groups is 1. The van der Waals surface area contributed by atoms with Gasteiger partial charge in [0.15, 0.2) is 0 Å². The summed E-state index contributed by atoms with van der Waals surface area (Å²) in [6, 6.07) is 4.98. The fraction of sp³-hybridized carbons (Fsp3) is 0.462. The van der Waals surface area contributed by atoms with Crippen molar-refractivity contribution in [2.45, 2.75) is 25.7 Å². The lowest BCUT2D eigenvalue weighted by Crippen LogP contribution is -1.98. The fourth-order valence-corrected chi connectivity index (χ4v) is 1.70. The SMILES string of the molecule is O=Cc1ccc(OCCCCCCO)c(Cl)c1. The van der Waals surface area contributed by atoms with Crippen molar-refractivity contribution in [3.05, 3.63) is 28.8 Å². The van der Waals surface area contributed by atoms with Crippen LogP contribution in [0.15, 0.2) is 18.2 Å². The molecule has 0 fully saturated rings. The largest absolute Gasteiger partial charge is 0.492 e. The van der Waals surface area contributed by atoms with E-state index in [1.807, 2.05) is 0 Å². The minimum Gasteiger partial charge on any atom is -0.492 e. The Labute approximate surface area is 106 Å². The molecule has 1 rings (SSSR count). The summed E-state index contributed by atoms with van der Waals surface area (Å²) in [5.41, 5.74) is 0.547. The first-order valence-corrected chi connectivity index (χ1v) is 6.14. The van der Waals surface area contributed by atoms with Crippen LogP contribution >= 0.6 is 11.6 Å². The maximum atomic E-state index is 10.5. The Morgan fingerprint density at radius 3 is 2.65 bits per heavy atom. The molecule has 0 aliphatic carbocycles. The predicted molar refractivity (Wildman–Crippen MR) is 67.9 cm³/mol. The molecular formula is C13H17ClO3. The number of aldehydes is 1. The number of aliphatic hydroxyl groups is 1. The Balaban J connectivity index is 2.29. The molecule has 0 aliphatic heterocycles. The summed E-state index contributed by atoms with van der Waals surface area (Å²) < 4.78 is 5.51. The number of ether oxygens (including phenoxy) is 1. The summed E-state index contributed by atoms with van der Waals surface area (Å²) in [6.07, 6.45) is 4.58. The van der Waals surface area contributed by atoms with Crippen molar-refractivity contribution in [1.29, 1.82) is 0 Å². The number of benzene rings is 1. The molecule has 0 heterocycles. The number of aliphatic hydroxyl groups excluding tert-OH is 1. The molecule has 0 atom stereocenters. The van der Waals surface area contributed by atoms with Crippen LogP contribution in [0.25, 0.3) is 0 Å². The van der Waals surface area contributed by atoms with Crippen molar-refractivity contribution in [2.24, 2.45) is 0 Å². The summed E-state index contributed by atoms with van der Waals surface area (Å²) in [7, 11) is 0. The third kappa shape index (κ3) is 5.20. The molecule has 0 amide bonds. The molecule has 0 saturated heterocycles. The molecule has 1 N–H and O–H groups in total. The van der Waals surface area contributed by atoms with E-state index in [4.69, 9.17) is 21.4 Å². The van der Waals surface area contributed by atoms with Gasteiger partial charge in [-0.1, -0.05) is 18.0 Å². The number of rotatable bonds is 8. The van der Waals surface area contributed by atoms with E-state index in [0.29, 0.717) is 22.9 Å². The fourth-order valence-electron chi connectivity index (χ4n) is 1.46. The first-order chi connectivity index (χ1) is 8.27. The van der Waals surface area contributed by atoms with E-state index >= 15 is 0 Å². The lowest BCUT2D eigenvalue weighted by atomic mass is 10.2. The molecule has 0 bridgehead atoms. The summed E-state index contributed by atoms with van der Waals surface area (Å²) in [6.45, 7) is 0.853. The molecular weight excluding hydrogens is 240 g/mol. The van der Waals surface area contributed by atoms with Crippen molar-refractivity contribution >= 4 is 17.9 Å². The molecule has 0 unspecified atom stereocenters. The summed E-state index contributed by atoms with van der Waals surface area (Å²) >= 11 is 5.95. The zero-order valence-electron chi connectivity index (χ0n) is 9.69. The van der Waals surface area contributed by atoms with Gasteiger partial charge in [0, 0.05) is 12.2 Å². The van der Waals surface area contributed by atoms with Crippen molar-refractivity contribution in [3.8, 4) is 5.75 Å². The van der Waals surface area contributed by atoms with Crippen LogP contribution in [0.3, 0.4) is 0 Å². The molecule has 3 nitrogen and oxygen atoms in total. The van der Waals surface area contributed by atoms with Crippen LogP contribution in [0.4, 0.5) is 0 Å². The van der Waals surface area contributed by atoms with Gasteiger partial charge in [-0.25, -0.2) is 0 Å². The lowest BCUT2D eigenvalue weighted by Gasteiger charge is -2.08. The van der Waals surface area contributed by atoms with Crippen molar-refractivity contribution in [3.63, 3.8) is 0 Å². The molecule has 1 aromatic carbocycles. The first-order valence-electron chi connectivity index (χ1n) is 5.76. The molecule has 0 radical (unpaired) electrons. The summed E-state index contributed by atoms with van der Waals surface area (Å²) in [4.78, 5) is 10.5. The average Bonchev–Trinajstić information content (AvgIpc) is 2.35. The highest BCUT2D eigenvalue weighted by Crippen LogP contribution is 2.25. The van der Waals surface area contributed by atoms with E-state index in [1.165, 1.54) is 0 Å². The van der Waals surface area contributed by atoms with Gasteiger partial charge in [0.2, 0.25) is 0 Å². The lowest BCUT2D eigenvalue weighted by molar-refractivity contribution is 0.112. The molecule has 0 spiro atoms. The molecule has 94 valence electrons. The van der Waals surface area contributed by atoms with Crippen LogP contribution in [0.5, 0.6) is 5.75 Å².